The standard InChI is InChI=1S/C23H22FN7S/c1-15-11-20(32-17-5-8-26-9-6-17)18(24)12-19(15)29-22-13-21(30-23(25)31-22)28-10-4-16-3-2-7-27-14-16/h2-3,5-9,11-14H,4,10H2,1H3,(H4,25,28,29,30,31). The van der Waals surface area contributed by atoms with E-state index in [4.69, 9.17) is 5.73 Å². The van der Waals surface area contributed by atoms with Crippen molar-refractivity contribution in [3.63, 3.8) is 0 Å². The van der Waals surface area contributed by atoms with Crippen molar-refractivity contribution in [3.8, 4) is 0 Å². The topological polar surface area (TPSA) is 102 Å². The van der Waals surface area contributed by atoms with Crippen molar-refractivity contribution >= 4 is 35.0 Å². The number of nitrogens with one attached hydrogen (secondary N) is 2. The molecule has 3 heterocycles. The molecule has 7 nitrogen and oxygen atoms in total. The molecule has 0 amide bonds. The summed E-state index contributed by atoms with van der Waals surface area (Å²) in [7, 11) is 0. The predicted octanol–water partition coefficient (Wildman–Crippen LogP) is 4.85. The van der Waals surface area contributed by atoms with Crippen molar-refractivity contribution in [2.24, 2.45) is 0 Å². The zero-order valence-corrected chi connectivity index (χ0v) is 18.2. The highest BCUT2D eigenvalue weighted by molar-refractivity contribution is 7.99. The van der Waals surface area contributed by atoms with Gasteiger partial charge in [-0.2, -0.15) is 9.97 Å². The van der Waals surface area contributed by atoms with E-state index in [1.54, 1.807) is 30.7 Å². The summed E-state index contributed by atoms with van der Waals surface area (Å²) in [6.45, 7) is 2.58. The van der Waals surface area contributed by atoms with E-state index in [0.29, 0.717) is 28.8 Å². The van der Waals surface area contributed by atoms with Gasteiger partial charge in [-0.05, 0) is 54.8 Å². The van der Waals surface area contributed by atoms with Gasteiger partial charge in [0.05, 0.1) is 0 Å². The zero-order chi connectivity index (χ0) is 22.3. The third-order valence-electron chi connectivity index (χ3n) is 4.61. The number of nitrogens with two attached hydrogens (primary N) is 1. The van der Waals surface area contributed by atoms with E-state index in [1.165, 1.54) is 17.8 Å². The van der Waals surface area contributed by atoms with Crippen molar-refractivity contribution < 1.29 is 4.39 Å². The summed E-state index contributed by atoms with van der Waals surface area (Å²) in [5, 5.41) is 6.39. The van der Waals surface area contributed by atoms with Gasteiger partial charge < -0.3 is 16.4 Å². The number of nitrogen functional groups attached to an aromatic ring is 1. The fraction of sp³-hybridized carbons (Fsp3) is 0.130. The second-order valence-electron chi connectivity index (χ2n) is 7.04. The van der Waals surface area contributed by atoms with Crippen LogP contribution in [0.2, 0.25) is 0 Å². The average molecular weight is 448 g/mol. The summed E-state index contributed by atoms with van der Waals surface area (Å²) in [5.74, 6) is 0.879. The number of nitrogens with zero attached hydrogens (tertiary/aromatic N) is 4. The highest BCUT2D eigenvalue weighted by Crippen LogP contribution is 2.33. The monoisotopic (exact) mass is 447 g/mol. The molecule has 4 rings (SSSR count). The number of halogens is 1. The van der Waals surface area contributed by atoms with Gasteiger partial charge in [0, 0.05) is 52.9 Å². The van der Waals surface area contributed by atoms with E-state index in [2.05, 4.69) is 30.6 Å². The zero-order valence-electron chi connectivity index (χ0n) is 17.4. The number of aryl methyl sites for hydroxylation is 1. The van der Waals surface area contributed by atoms with Gasteiger partial charge >= 0.3 is 0 Å². The van der Waals surface area contributed by atoms with Crippen LogP contribution in [0, 0.1) is 12.7 Å². The third-order valence-corrected chi connectivity index (χ3v) is 5.65. The van der Waals surface area contributed by atoms with Gasteiger partial charge in [-0.3, -0.25) is 9.97 Å². The molecule has 0 fully saturated rings. The Bertz CT molecular complexity index is 1190. The summed E-state index contributed by atoms with van der Waals surface area (Å²) in [6, 6.07) is 12.6. The molecule has 4 N–H and O–H groups in total. The van der Waals surface area contributed by atoms with Gasteiger partial charge in [-0.25, -0.2) is 4.39 Å². The highest BCUT2D eigenvalue weighted by atomic mass is 32.2. The van der Waals surface area contributed by atoms with Crippen LogP contribution in [0.15, 0.2) is 77.0 Å². The molecule has 0 saturated heterocycles. The highest BCUT2D eigenvalue weighted by Gasteiger charge is 2.11. The molecule has 0 spiro atoms. The normalized spacial score (nSPS) is 10.7. The average Bonchev–Trinajstić information content (AvgIpc) is 2.78. The van der Waals surface area contributed by atoms with Crippen molar-refractivity contribution in [3.05, 3.63) is 84.2 Å². The Labute approximate surface area is 189 Å². The van der Waals surface area contributed by atoms with Crippen molar-refractivity contribution in [1.82, 2.24) is 19.9 Å². The van der Waals surface area contributed by atoms with Crippen molar-refractivity contribution in [2.45, 2.75) is 23.1 Å². The van der Waals surface area contributed by atoms with Gasteiger partial charge in [0.1, 0.15) is 17.5 Å². The molecule has 0 radical (unpaired) electrons. The Morgan fingerprint density at radius 2 is 1.81 bits per heavy atom. The minimum Gasteiger partial charge on any atom is -0.370 e. The quantitative estimate of drug-likeness (QED) is 0.352. The molecule has 1 aromatic carbocycles. The Hall–Kier alpha value is -3.72. The molecule has 162 valence electrons. The first-order valence-corrected chi connectivity index (χ1v) is 10.8. The molecule has 0 aliphatic rings. The first kappa shape index (κ1) is 21.5. The lowest BCUT2D eigenvalue weighted by molar-refractivity contribution is 0.602. The molecular formula is C23H22FN7S. The van der Waals surface area contributed by atoms with Gasteiger partial charge in [-0.15, -0.1) is 0 Å². The first-order chi connectivity index (χ1) is 15.6. The molecule has 9 heteroatoms. The van der Waals surface area contributed by atoms with Crippen LogP contribution >= 0.6 is 11.8 Å². The molecular weight excluding hydrogens is 425 g/mol. The van der Waals surface area contributed by atoms with Gasteiger partial charge in [0.15, 0.2) is 0 Å². The molecule has 0 aliphatic heterocycles. The van der Waals surface area contributed by atoms with Crippen LogP contribution < -0.4 is 16.4 Å². The predicted molar refractivity (Wildman–Crippen MR) is 126 cm³/mol. The molecule has 3 aromatic heterocycles. The maximum absolute atomic E-state index is 14.8. The maximum atomic E-state index is 14.8. The van der Waals surface area contributed by atoms with E-state index in [1.807, 2.05) is 37.4 Å². The van der Waals surface area contributed by atoms with Crippen molar-refractivity contribution in [1.29, 1.82) is 0 Å². The minimum atomic E-state index is -0.322. The second kappa shape index (κ2) is 10.1. The lowest BCUT2D eigenvalue weighted by atomic mass is 10.2. The molecule has 4 aromatic rings. The number of pyridine rings is 2. The van der Waals surface area contributed by atoms with Crippen LogP contribution in [-0.4, -0.2) is 26.5 Å². The van der Waals surface area contributed by atoms with Crippen LogP contribution in [0.3, 0.4) is 0 Å². The van der Waals surface area contributed by atoms with Crippen LogP contribution in [0.4, 0.5) is 27.7 Å². The number of hydrogen-bond donors (Lipinski definition) is 3. The SMILES string of the molecule is Cc1cc(Sc2ccncc2)c(F)cc1Nc1cc(NCCc2cccnc2)nc(N)n1. The Balaban J connectivity index is 1.45. The second-order valence-corrected chi connectivity index (χ2v) is 8.16. The summed E-state index contributed by atoms with van der Waals surface area (Å²) >= 11 is 1.35. The molecule has 0 saturated carbocycles. The molecule has 32 heavy (non-hydrogen) atoms. The summed E-state index contributed by atoms with van der Waals surface area (Å²) < 4.78 is 14.8. The van der Waals surface area contributed by atoms with E-state index >= 15 is 0 Å². The maximum Gasteiger partial charge on any atom is 0.223 e. The lowest BCUT2D eigenvalue weighted by Crippen LogP contribution is -2.09. The van der Waals surface area contributed by atoms with Crippen LogP contribution in [0.25, 0.3) is 0 Å². The number of hydrogen-bond acceptors (Lipinski definition) is 8. The van der Waals surface area contributed by atoms with E-state index in [9.17, 15) is 4.39 Å². The van der Waals surface area contributed by atoms with E-state index in [0.717, 1.165) is 22.4 Å². The van der Waals surface area contributed by atoms with Crippen LogP contribution in [0.5, 0.6) is 0 Å². The molecule has 0 bridgehead atoms. The minimum absolute atomic E-state index is 0.127. The van der Waals surface area contributed by atoms with E-state index < -0.39 is 0 Å². The van der Waals surface area contributed by atoms with E-state index in [-0.39, 0.29) is 11.8 Å². The Morgan fingerprint density at radius 1 is 1.00 bits per heavy atom. The summed E-state index contributed by atoms with van der Waals surface area (Å²) in [5.41, 5.74) is 8.49. The van der Waals surface area contributed by atoms with Crippen LogP contribution in [0.1, 0.15) is 11.1 Å². The number of aromatic nitrogens is 4. The lowest BCUT2D eigenvalue weighted by Gasteiger charge is -2.13. The number of benzene rings is 1. The van der Waals surface area contributed by atoms with Gasteiger partial charge in [0.25, 0.3) is 0 Å². The fourth-order valence-electron chi connectivity index (χ4n) is 3.04. The smallest absolute Gasteiger partial charge is 0.223 e. The molecule has 0 aliphatic carbocycles. The van der Waals surface area contributed by atoms with Gasteiger partial charge in [-0.1, -0.05) is 17.8 Å². The fourth-order valence-corrected chi connectivity index (χ4v) is 3.94. The molecule has 0 unspecified atom stereocenters. The number of rotatable bonds is 8. The first-order valence-electron chi connectivity index (χ1n) is 9.99. The summed E-state index contributed by atoms with van der Waals surface area (Å²) in [4.78, 5) is 18.0. The Morgan fingerprint density at radius 3 is 2.59 bits per heavy atom. The summed E-state index contributed by atoms with van der Waals surface area (Å²) in [6.07, 6.45) is 7.74. The van der Waals surface area contributed by atoms with Crippen molar-refractivity contribution in [2.75, 3.05) is 22.9 Å². The third kappa shape index (κ3) is 5.70. The Kier molecular flexibility index (Phi) is 6.76. The number of anilines is 4. The largest absolute Gasteiger partial charge is 0.370 e. The molecule has 0 atom stereocenters. The van der Waals surface area contributed by atoms with Crippen LogP contribution in [-0.2, 0) is 6.42 Å². The van der Waals surface area contributed by atoms with Gasteiger partial charge in [0.2, 0.25) is 5.95 Å².